The van der Waals surface area contributed by atoms with Crippen molar-refractivity contribution in [3.63, 3.8) is 0 Å². The zero-order valence-electron chi connectivity index (χ0n) is 24.3. The van der Waals surface area contributed by atoms with Crippen LogP contribution in [0, 0.1) is 6.92 Å². The van der Waals surface area contributed by atoms with E-state index in [0.717, 1.165) is 79.1 Å². The summed E-state index contributed by atoms with van der Waals surface area (Å²) in [4.78, 5) is 33.1. The first kappa shape index (κ1) is 28.3. The molecule has 2 amide bonds. The summed E-state index contributed by atoms with van der Waals surface area (Å²) >= 11 is 0. The van der Waals surface area contributed by atoms with E-state index in [0.29, 0.717) is 17.2 Å². The fourth-order valence-electron chi connectivity index (χ4n) is 5.73. The van der Waals surface area contributed by atoms with Crippen molar-refractivity contribution in [3.05, 3.63) is 101 Å². The van der Waals surface area contributed by atoms with E-state index in [9.17, 15) is 9.59 Å². The molecule has 0 radical (unpaired) electrons. The molecule has 1 N–H and O–H groups in total. The maximum atomic E-state index is 13.2. The van der Waals surface area contributed by atoms with Crippen molar-refractivity contribution in [2.45, 2.75) is 52.1 Å². The summed E-state index contributed by atoms with van der Waals surface area (Å²) in [6, 6.07) is 8.35. The fraction of sp³-hybridized carbons (Fsp3) is 0.324. The molecule has 1 aliphatic carbocycles. The Morgan fingerprint density at radius 1 is 1.07 bits per heavy atom. The van der Waals surface area contributed by atoms with Gasteiger partial charge in [-0.15, -0.1) is 6.58 Å². The molecule has 0 atom stereocenters. The third-order valence-electron chi connectivity index (χ3n) is 8.04. The van der Waals surface area contributed by atoms with Gasteiger partial charge in [-0.25, -0.2) is 0 Å². The van der Waals surface area contributed by atoms with Gasteiger partial charge in [0.25, 0.3) is 11.8 Å². The van der Waals surface area contributed by atoms with Gasteiger partial charge in [0.15, 0.2) is 0 Å². The van der Waals surface area contributed by atoms with Crippen LogP contribution in [0.1, 0.15) is 72.4 Å². The Labute approximate surface area is 242 Å². The Kier molecular flexibility index (Phi) is 8.64. The average molecular weight is 550 g/mol. The lowest BCUT2D eigenvalue weighted by atomic mass is 9.96. The number of allylic oxidation sites excluding steroid dienone is 3. The maximum Gasteiger partial charge on any atom is 0.259 e. The number of carbonyl (C=O) groups is 2. The summed E-state index contributed by atoms with van der Waals surface area (Å²) < 4.78 is 4.31. The van der Waals surface area contributed by atoms with Crippen molar-refractivity contribution in [2.75, 3.05) is 13.1 Å². The van der Waals surface area contributed by atoms with Gasteiger partial charge in [0.1, 0.15) is 0 Å². The van der Waals surface area contributed by atoms with Crippen LogP contribution in [0.2, 0.25) is 0 Å². The lowest BCUT2D eigenvalue weighted by molar-refractivity contribution is -0.122. The van der Waals surface area contributed by atoms with Gasteiger partial charge in [0, 0.05) is 79.4 Å². The van der Waals surface area contributed by atoms with Crippen molar-refractivity contribution in [3.8, 4) is 0 Å². The predicted molar refractivity (Wildman–Crippen MR) is 166 cm³/mol. The molecular weight excluding hydrogens is 510 g/mol. The second-order valence-electron chi connectivity index (χ2n) is 10.8. The quantitative estimate of drug-likeness (QED) is 0.305. The highest BCUT2D eigenvalue weighted by Crippen LogP contribution is 2.39. The van der Waals surface area contributed by atoms with Gasteiger partial charge in [-0.3, -0.25) is 24.8 Å². The molecule has 1 fully saturated rings. The summed E-state index contributed by atoms with van der Waals surface area (Å²) in [5.41, 5.74) is 6.78. The Morgan fingerprint density at radius 2 is 1.80 bits per heavy atom. The summed E-state index contributed by atoms with van der Waals surface area (Å²) in [6.45, 7) is 10.4. The topological polar surface area (TPSA) is 72.2 Å². The fourth-order valence-corrected chi connectivity index (χ4v) is 5.73. The molecule has 0 aromatic carbocycles. The SMILES string of the molecule is C=CCC.Cc1cc(C2=C(c3cn(C4CCN(Cc5ccccn5)CC4)c4c3C=CCC=C4)C(=O)NC2=O)cn1C. The first-order valence-electron chi connectivity index (χ1n) is 14.5. The lowest BCUT2D eigenvalue weighted by Gasteiger charge is -2.33. The van der Waals surface area contributed by atoms with Crippen molar-refractivity contribution in [1.82, 2.24) is 24.3 Å². The van der Waals surface area contributed by atoms with Crippen LogP contribution in [0.4, 0.5) is 0 Å². The Hall–Kier alpha value is -4.23. The van der Waals surface area contributed by atoms with Crippen molar-refractivity contribution >= 4 is 35.1 Å². The average Bonchev–Trinajstić information content (AvgIpc) is 3.52. The highest BCUT2D eigenvalue weighted by Gasteiger charge is 2.36. The maximum absolute atomic E-state index is 13.2. The summed E-state index contributed by atoms with van der Waals surface area (Å²) in [5.74, 6) is -0.656. The van der Waals surface area contributed by atoms with Crippen LogP contribution in [-0.2, 0) is 23.2 Å². The highest BCUT2D eigenvalue weighted by atomic mass is 16.2. The Bertz CT molecular complexity index is 1510. The normalized spacial score (nSPS) is 17.2. The van der Waals surface area contributed by atoms with Gasteiger partial charge in [-0.05, 0) is 56.9 Å². The Balaban J connectivity index is 0.000000794. The monoisotopic (exact) mass is 549 g/mol. The van der Waals surface area contributed by atoms with Crippen LogP contribution in [0.15, 0.2) is 67.7 Å². The van der Waals surface area contributed by atoms with Crippen LogP contribution in [-0.4, -0.2) is 43.9 Å². The van der Waals surface area contributed by atoms with E-state index in [1.165, 1.54) is 0 Å². The molecule has 3 aromatic heterocycles. The largest absolute Gasteiger partial charge is 0.354 e. The van der Waals surface area contributed by atoms with Crippen LogP contribution < -0.4 is 5.32 Å². The second kappa shape index (κ2) is 12.5. The molecule has 7 heteroatoms. The smallest absolute Gasteiger partial charge is 0.259 e. The molecule has 3 aliphatic rings. The molecule has 212 valence electrons. The molecule has 6 rings (SSSR count). The zero-order chi connectivity index (χ0) is 28.9. The molecular formula is C34H39N5O2. The molecule has 41 heavy (non-hydrogen) atoms. The third-order valence-corrected chi connectivity index (χ3v) is 8.04. The number of nitrogens with zero attached hydrogens (tertiary/aromatic N) is 4. The molecule has 0 bridgehead atoms. The Morgan fingerprint density at radius 3 is 2.46 bits per heavy atom. The van der Waals surface area contributed by atoms with Gasteiger partial charge in [-0.2, -0.15) is 0 Å². The summed E-state index contributed by atoms with van der Waals surface area (Å²) in [5, 5.41) is 2.56. The van der Waals surface area contributed by atoms with E-state index in [2.05, 4.69) is 69.8 Å². The molecule has 7 nitrogen and oxygen atoms in total. The molecule has 1 saturated heterocycles. The second-order valence-corrected chi connectivity index (χ2v) is 10.8. The first-order valence-corrected chi connectivity index (χ1v) is 14.5. The van der Waals surface area contributed by atoms with Gasteiger partial charge in [0.05, 0.1) is 16.8 Å². The van der Waals surface area contributed by atoms with Crippen LogP contribution >= 0.6 is 0 Å². The summed E-state index contributed by atoms with van der Waals surface area (Å²) in [6.07, 6.45) is 20.3. The number of nitrogens with one attached hydrogen (secondary N) is 1. The number of likely N-dealkylation sites (tertiary alicyclic amines) is 1. The van der Waals surface area contributed by atoms with Gasteiger partial charge < -0.3 is 9.13 Å². The predicted octanol–water partition coefficient (Wildman–Crippen LogP) is 5.95. The number of amides is 2. The van der Waals surface area contributed by atoms with E-state index in [4.69, 9.17) is 0 Å². The van der Waals surface area contributed by atoms with Crippen LogP contribution in [0.5, 0.6) is 0 Å². The molecule has 0 unspecified atom stereocenters. The van der Waals surface area contributed by atoms with E-state index in [1.54, 1.807) is 0 Å². The molecule has 0 spiro atoms. The first-order chi connectivity index (χ1) is 19.9. The minimum absolute atomic E-state index is 0.321. The number of fused-ring (bicyclic) bond motifs is 1. The van der Waals surface area contributed by atoms with Crippen LogP contribution in [0.25, 0.3) is 23.3 Å². The number of piperidine rings is 1. The standard InChI is InChI=1S/C30H31N5O2.C4H8/c1-20-16-21(17-33(20)2)27-28(30(37)32-29(27)36)25-19-35(26-10-5-3-4-9-24(25)26)23-11-14-34(15-12-23)18-22-8-6-7-13-31-22;1-3-4-2/h4-10,13,16-17,19,23H,3,11-12,14-15,18H2,1-2H3,(H,32,36,37);3H,1,4H2,2H3. The molecule has 3 aromatic rings. The molecule has 2 aliphatic heterocycles. The molecule has 5 heterocycles. The van der Waals surface area contributed by atoms with E-state index >= 15 is 0 Å². The van der Waals surface area contributed by atoms with E-state index < -0.39 is 0 Å². The van der Waals surface area contributed by atoms with Crippen LogP contribution in [0.3, 0.4) is 0 Å². The summed E-state index contributed by atoms with van der Waals surface area (Å²) in [7, 11) is 1.95. The third kappa shape index (κ3) is 5.95. The van der Waals surface area contributed by atoms with E-state index in [1.807, 2.05) is 55.2 Å². The number of hydrogen-bond donors (Lipinski definition) is 1. The number of rotatable bonds is 6. The van der Waals surface area contributed by atoms with Gasteiger partial charge >= 0.3 is 0 Å². The lowest BCUT2D eigenvalue weighted by Crippen LogP contribution is -2.34. The minimum Gasteiger partial charge on any atom is -0.354 e. The number of carbonyl (C=O) groups excluding carboxylic acids is 2. The van der Waals surface area contributed by atoms with E-state index in [-0.39, 0.29) is 11.8 Å². The van der Waals surface area contributed by atoms with Gasteiger partial charge in [0.2, 0.25) is 0 Å². The number of aryl methyl sites for hydroxylation is 2. The van der Waals surface area contributed by atoms with Gasteiger partial charge in [-0.1, -0.05) is 37.3 Å². The number of pyridine rings is 1. The number of aromatic nitrogens is 3. The van der Waals surface area contributed by atoms with Crippen molar-refractivity contribution < 1.29 is 9.59 Å². The zero-order valence-corrected chi connectivity index (χ0v) is 24.3. The highest BCUT2D eigenvalue weighted by molar-refractivity contribution is 6.49. The minimum atomic E-state index is -0.330. The number of imide groups is 1. The molecule has 0 saturated carbocycles. The van der Waals surface area contributed by atoms with Crippen molar-refractivity contribution in [1.29, 1.82) is 0 Å². The number of hydrogen-bond acceptors (Lipinski definition) is 4. The van der Waals surface area contributed by atoms with Crippen molar-refractivity contribution in [2.24, 2.45) is 7.05 Å².